The molecule has 1 aromatic carbocycles. The van der Waals surface area contributed by atoms with Crippen LogP contribution >= 0.6 is 0 Å². The second kappa shape index (κ2) is 5.96. The molecular formula is C18H17N3O3. The second-order valence-electron chi connectivity index (χ2n) is 5.78. The van der Waals surface area contributed by atoms with Gasteiger partial charge in [-0.15, -0.1) is 0 Å². The van der Waals surface area contributed by atoms with Crippen molar-refractivity contribution in [3.05, 3.63) is 58.9 Å². The van der Waals surface area contributed by atoms with Crippen molar-refractivity contribution in [2.75, 3.05) is 13.2 Å². The van der Waals surface area contributed by atoms with Gasteiger partial charge in [0.05, 0.1) is 42.7 Å². The summed E-state index contributed by atoms with van der Waals surface area (Å²) < 4.78 is 13.0. The smallest absolute Gasteiger partial charge is 0.261 e. The molecule has 0 aliphatic carbocycles. The molecule has 0 saturated carbocycles. The molecule has 6 heteroatoms. The van der Waals surface area contributed by atoms with Crippen LogP contribution in [-0.2, 0) is 0 Å². The van der Waals surface area contributed by atoms with Crippen LogP contribution in [0.5, 0.6) is 11.5 Å². The van der Waals surface area contributed by atoms with E-state index in [9.17, 15) is 4.79 Å². The highest BCUT2D eigenvalue weighted by atomic mass is 16.5. The molecular weight excluding hydrogens is 306 g/mol. The third kappa shape index (κ3) is 2.50. The lowest BCUT2D eigenvalue weighted by molar-refractivity contribution is 0.297. The highest BCUT2D eigenvalue weighted by molar-refractivity contribution is 5.75. The summed E-state index contributed by atoms with van der Waals surface area (Å²) in [4.78, 5) is 21.1. The van der Waals surface area contributed by atoms with Gasteiger partial charge in [0.25, 0.3) is 5.56 Å². The van der Waals surface area contributed by atoms with Gasteiger partial charge in [0.2, 0.25) is 0 Å². The lowest BCUT2D eigenvalue weighted by Gasteiger charge is -2.17. The minimum absolute atomic E-state index is 0.0815. The summed E-state index contributed by atoms with van der Waals surface area (Å²) in [5, 5.41) is 0.564. The van der Waals surface area contributed by atoms with Gasteiger partial charge in [-0.25, -0.2) is 4.98 Å². The maximum Gasteiger partial charge on any atom is 0.261 e. The van der Waals surface area contributed by atoms with Gasteiger partial charge in [-0.1, -0.05) is 6.07 Å². The standard InChI is InChI=1S/C18H17N3O3/c1-12(13-3-4-16-17(9-13)24-8-2-7-23-16)21-11-20-15-10-19-6-5-14(15)18(21)22/h3-6,9-12H,2,7-8H2,1H3/t12-/m0/s1. The quantitative estimate of drug-likeness (QED) is 0.725. The summed E-state index contributed by atoms with van der Waals surface area (Å²) in [5.74, 6) is 1.47. The van der Waals surface area contributed by atoms with Crippen molar-refractivity contribution in [1.82, 2.24) is 14.5 Å². The third-order valence-corrected chi connectivity index (χ3v) is 4.26. The lowest BCUT2D eigenvalue weighted by atomic mass is 10.1. The van der Waals surface area contributed by atoms with Crippen LogP contribution in [0.15, 0.2) is 47.8 Å². The summed E-state index contributed by atoms with van der Waals surface area (Å²) in [5.41, 5.74) is 1.49. The first-order chi connectivity index (χ1) is 11.7. The molecule has 1 aliphatic heterocycles. The Bertz CT molecular complexity index is 952. The first-order valence-corrected chi connectivity index (χ1v) is 7.94. The molecule has 0 saturated heterocycles. The normalized spacial score (nSPS) is 15.0. The number of fused-ring (bicyclic) bond motifs is 2. The van der Waals surface area contributed by atoms with E-state index >= 15 is 0 Å². The summed E-state index contributed by atoms with van der Waals surface area (Å²) in [6, 6.07) is 7.33. The molecule has 0 spiro atoms. The fraction of sp³-hybridized carbons (Fsp3) is 0.278. The van der Waals surface area contributed by atoms with Gasteiger partial charge in [0, 0.05) is 12.6 Å². The van der Waals surface area contributed by atoms with Crippen LogP contribution in [0.25, 0.3) is 10.9 Å². The highest BCUT2D eigenvalue weighted by Crippen LogP contribution is 2.32. The first kappa shape index (κ1) is 14.7. The number of aromatic nitrogens is 3. The Kier molecular flexibility index (Phi) is 3.65. The lowest BCUT2D eigenvalue weighted by Crippen LogP contribution is -2.24. The van der Waals surface area contributed by atoms with Gasteiger partial charge in [-0.3, -0.25) is 14.3 Å². The number of hydrogen-bond donors (Lipinski definition) is 0. The van der Waals surface area contributed by atoms with E-state index in [-0.39, 0.29) is 11.6 Å². The van der Waals surface area contributed by atoms with E-state index in [1.54, 1.807) is 29.4 Å². The molecule has 4 rings (SSSR count). The molecule has 0 fully saturated rings. The largest absolute Gasteiger partial charge is 0.490 e. The fourth-order valence-corrected chi connectivity index (χ4v) is 2.86. The number of hydrogen-bond acceptors (Lipinski definition) is 5. The molecule has 0 radical (unpaired) electrons. The molecule has 3 heterocycles. The molecule has 0 amide bonds. The predicted octanol–water partition coefficient (Wildman–Crippen LogP) is 2.56. The zero-order valence-electron chi connectivity index (χ0n) is 13.3. The minimum Gasteiger partial charge on any atom is -0.490 e. The van der Waals surface area contributed by atoms with Gasteiger partial charge in [0.1, 0.15) is 0 Å². The third-order valence-electron chi connectivity index (χ3n) is 4.26. The van der Waals surface area contributed by atoms with Crippen LogP contribution in [0.1, 0.15) is 24.9 Å². The summed E-state index contributed by atoms with van der Waals surface area (Å²) in [7, 11) is 0. The summed E-state index contributed by atoms with van der Waals surface area (Å²) >= 11 is 0. The maximum atomic E-state index is 12.7. The average molecular weight is 323 g/mol. The molecule has 1 atom stereocenters. The van der Waals surface area contributed by atoms with Crippen molar-refractivity contribution in [1.29, 1.82) is 0 Å². The summed E-state index contributed by atoms with van der Waals surface area (Å²) in [6.07, 6.45) is 5.63. The van der Waals surface area contributed by atoms with Crippen molar-refractivity contribution >= 4 is 10.9 Å². The van der Waals surface area contributed by atoms with Crippen LogP contribution in [0.4, 0.5) is 0 Å². The monoisotopic (exact) mass is 323 g/mol. The van der Waals surface area contributed by atoms with Gasteiger partial charge in [-0.05, 0) is 30.7 Å². The minimum atomic E-state index is -0.167. The molecule has 3 aromatic rings. The number of ether oxygens (including phenoxy) is 2. The van der Waals surface area contributed by atoms with Gasteiger partial charge >= 0.3 is 0 Å². The van der Waals surface area contributed by atoms with Crippen LogP contribution < -0.4 is 15.0 Å². The van der Waals surface area contributed by atoms with Crippen molar-refractivity contribution < 1.29 is 9.47 Å². The van der Waals surface area contributed by atoms with Crippen LogP contribution in [-0.4, -0.2) is 27.7 Å². The predicted molar refractivity (Wildman–Crippen MR) is 89.7 cm³/mol. The van der Waals surface area contributed by atoms with E-state index in [0.29, 0.717) is 24.1 Å². The van der Waals surface area contributed by atoms with E-state index in [4.69, 9.17) is 9.47 Å². The molecule has 2 aromatic heterocycles. The highest BCUT2D eigenvalue weighted by Gasteiger charge is 2.16. The van der Waals surface area contributed by atoms with Crippen molar-refractivity contribution in [2.45, 2.75) is 19.4 Å². The van der Waals surface area contributed by atoms with E-state index in [1.807, 2.05) is 25.1 Å². The average Bonchev–Trinajstić information content (AvgIpc) is 2.86. The molecule has 0 unspecified atom stereocenters. The molecule has 0 N–H and O–H groups in total. The van der Waals surface area contributed by atoms with E-state index in [0.717, 1.165) is 23.5 Å². The number of benzene rings is 1. The van der Waals surface area contributed by atoms with Crippen LogP contribution in [0, 0.1) is 0 Å². The number of rotatable bonds is 2. The fourth-order valence-electron chi connectivity index (χ4n) is 2.86. The molecule has 6 nitrogen and oxygen atoms in total. The van der Waals surface area contributed by atoms with Gasteiger partial charge in [-0.2, -0.15) is 0 Å². The second-order valence-corrected chi connectivity index (χ2v) is 5.78. The van der Waals surface area contributed by atoms with Gasteiger partial charge in [0.15, 0.2) is 11.5 Å². The van der Waals surface area contributed by atoms with E-state index in [1.165, 1.54) is 0 Å². The summed E-state index contributed by atoms with van der Waals surface area (Å²) in [6.45, 7) is 3.26. The zero-order chi connectivity index (χ0) is 16.5. The van der Waals surface area contributed by atoms with E-state index < -0.39 is 0 Å². The Morgan fingerprint density at radius 3 is 2.88 bits per heavy atom. The number of nitrogens with zero attached hydrogens (tertiary/aromatic N) is 3. The SMILES string of the molecule is C[C@@H](c1ccc2c(c1)OCCCO2)n1cnc2cnccc2c1=O. The molecule has 24 heavy (non-hydrogen) atoms. The molecule has 122 valence electrons. The Hall–Kier alpha value is -2.89. The maximum absolute atomic E-state index is 12.7. The van der Waals surface area contributed by atoms with Crippen LogP contribution in [0.2, 0.25) is 0 Å². The zero-order valence-corrected chi connectivity index (χ0v) is 13.3. The Morgan fingerprint density at radius 1 is 1.17 bits per heavy atom. The Labute approximate surface area is 138 Å². The first-order valence-electron chi connectivity index (χ1n) is 7.94. The molecule has 0 bridgehead atoms. The number of pyridine rings is 1. The topological polar surface area (TPSA) is 66.2 Å². The van der Waals surface area contributed by atoms with Crippen molar-refractivity contribution in [3.8, 4) is 11.5 Å². The van der Waals surface area contributed by atoms with E-state index in [2.05, 4.69) is 9.97 Å². The van der Waals surface area contributed by atoms with Gasteiger partial charge < -0.3 is 9.47 Å². The Morgan fingerprint density at radius 2 is 2.00 bits per heavy atom. The van der Waals surface area contributed by atoms with Crippen molar-refractivity contribution in [2.24, 2.45) is 0 Å². The van der Waals surface area contributed by atoms with Crippen molar-refractivity contribution in [3.63, 3.8) is 0 Å². The molecule has 1 aliphatic rings. The Balaban J connectivity index is 1.76. The van der Waals surface area contributed by atoms with Crippen LogP contribution in [0.3, 0.4) is 0 Å².